The lowest BCUT2D eigenvalue weighted by atomic mass is 10.2. The molecule has 0 spiro atoms. The lowest BCUT2D eigenvalue weighted by Gasteiger charge is -2.21. The van der Waals surface area contributed by atoms with Crippen LogP contribution in [0.2, 0.25) is 0 Å². The number of nitrogens with zero attached hydrogens (tertiary/aromatic N) is 1. The van der Waals surface area contributed by atoms with Gasteiger partial charge in [0, 0.05) is 13.1 Å². The summed E-state index contributed by atoms with van der Waals surface area (Å²) in [5.74, 6) is 0.585. The second kappa shape index (κ2) is 7.67. The van der Waals surface area contributed by atoms with Crippen molar-refractivity contribution in [3.05, 3.63) is 30.3 Å². The third-order valence-electron chi connectivity index (χ3n) is 3.51. The first-order valence-electron chi connectivity index (χ1n) is 7.43. The minimum Gasteiger partial charge on any atom is -0.493 e. The van der Waals surface area contributed by atoms with Crippen LogP contribution < -0.4 is 10.1 Å². The number of ether oxygens (including phenoxy) is 1. The number of rotatable bonds is 6. The van der Waals surface area contributed by atoms with Crippen molar-refractivity contribution in [1.29, 1.82) is 0 Å². The van der Waals surface area contributed by atoms with Crippen molar-refractivity contribution in [2.45, 2.75) is 32.2 Å². The molecule has 0 saturated carbocycles. The third kappa shape index (κ3) is 4.77. The van der Waals surface area contributed by atoms with E-state index in [4.69, 9.17) is 4.74 Å². The van der Waals surface area contributed by atoms with E-state index in [1.54, 1.807) is 6.92 Å². The van der Waals surface area contributed by atoms with Crippen LogP contribution in [0.3, 0.4) is 0 Å². The number of carbonyl (C=O) groups is 2. The minimum atomic E-state index is -0.465. The molecule has 1 aromatic carbocycles. The van der Waals surface area contributed by atoms with Gasteiger partial charge in [0.25, 0.3) is 0 Å². The van der Waals surface area contributed by atoms with E-state index >= 15 is 0 Å². The number of amides is 2. The number of benzene rings is 1. The van der Waals surface area contributed by atoms with Gasteiger partial charge in [-0.2, -0.15) is 0 Å². The van der Waals surface area contributed by atoms with Gasteiger partial charge in [0.2, 0.25) is 11.8 Å². The van der Waals surface area contributed by atoms with Crippen LogP contribution in [-0.2, 0) is 9.59 Å². The minimum absolute atomic E-state index is 0.00447. The molecular formula is C16H22N2O3. The summed E-state index contributed by atoms with van der Waals surface area (Å²) in [7, 11) is 0. The molecule has 1 aromatic rings. The van der Waals surface area contributed by atoms with Crippen molar-refractivity contribution in [3.8, 4) is 5.75 Å². The standard InChI is InChI=1S/C16H22N2O3/c1-13(16(20)18-10-5-6-11-18)17-15(19)9-12-21-14-7-3-2-4-8-14/h2-4,7-8,13H,5-6,9-12H2,1H3,(H,17,19)/t13-/m1/s1. The van der Waals surface area contributed by atoms with E-state index in [0.717, 1.165) is 31.7 Å². The van der Waals surface area contributed by atoms with E-state index in [1.165, 1.54) is 0 Å². The summed E-state index contributed by atoms with van der Waals surface area (Å²) < 4.78 is 5.46. The Morgan fingerprint density at radius 2 is 1.90 bits per heavy atom. The second-order valence-corrected chi connectivity index (χ2v) is 5.23. The Morgan fingerprint density at radius 1 is 1.24 bits per heavy atom. The normalized spacial score (nSPS) is 15.6. The van der Waals surface area contributed by atoms with Crippen molar-refractivity contribution >= 4 is 11.8 Å². The van der Waals surface area contributed by atoms with Crippen LogP contribution >= 0.6 is 0 Å². The predicted octanol–water partition coefficient (Wildman–Crippen LogP) is 1.58. The van der Waals surface area contributed by atoms with Gasteiger partial charge in [-0.25, -0.2) is 0 Å². The average molecular weight is 290 g/mol. The number of carbonyl (C=O) groups excluding carboxylic acids is 2. The van der Waals surface area contributed by atoms with Gasteiger partial charge >= 0.3 is 0 Å². The molecule has 1 fully saturated rings. The molecule has 1 saturated heterocycles. The maximum absolute atomic E-state index is 12.1. The molecule has 1 aliphatic heterocycles. The number of hydrogen-bond donors (Lipinski definition) is 1. The Balaban J connectivity index is 1.67. The summed E-state index contributed by atoms with van der Waals surface area (Å²) in [6.45, 7) is 3.64. The molecule has 1 heterocycles. The molecule has 0 aromatic heterocycles. The van der Waals surface area contributed by atoms with Crippen LogP contribution in [-0.4, -0.2) is 42.5 Å². The molecule has 21 heavy (non-hydrogen) atoms. The second-order valence-electron chi connectivity index (χ2n) is 5.23. The molecule has 0 bridgehead atoms. The summed E-state index contributed by atoms with van der Waals surface area (Å²) in [6.07, 6.45) is 2.35. The van der Waals surface area contributed by atoms with E-state index in [1.807, 2.05) is 35.2 Å². The Labute approximate surface area is 125 Å². The zero-order valence-electron chi connectivity index (χ0n) is 12.4. The molecule has 2 rings (SSSR count). The van der Waals surface area contributed by atoms with Crippen LogP contribution in [0, 0.1) is 0 Å². The van der Waals surface area contributed by atoms with E-state index < -0.39 is 6.04 Å². The summed E-state index contributed by atoms with van der Waals surface area (Å²) >= 11 is 0. The Kier molecular flexibility index (Phi) is 5.60. The summed E-state index contributed by atoms with van der Waals surface area (Å²) in [5.41, 5.74) is 0. The van der Waals surface area contributed by atoms with Crippen LogP contribution in [0.1, 0.15) is 26.2 Å². The van der Waals surface area contributed by atoms with Gasteiger partial charge in [-0.3, -0.25) is 9.59 Å². The van der Waals surface area contributed by atoms with Crippen molar-refractivity contribution in [1.82, 2.24) is 10.2 Å². The molecule has 1 N–H and O–H groups in total. The summed E-state index contributed by atoms with van der Waals surface area (Å²) in [6, 6.07) is 8.89. The van der Waals surface area contributed by atoms with Crippen molar-refractivity contribution in [2.24, 2.45) is 0 Å². The number of para-hydroxylation sites is 1. The Morgan fingerprint density at radius 3 is 2.57 bits per heavy atom. The fraction of sp³-hybridized carbons (Fsp3) is 0.500. The molecule has 2 amide bonds. The largest absolute Gasteiger partial charge is 0.493 e. The fourth-order valence-corrected chi connectivity index (χ4v) is 2.37. The fourth-order valence-electron chi connectivity index (χ4n) is 2.37. The van der Waals surface area contributed by atoms with Gasteiger partial charge in [-0.15, -0.1) is 0 Å². The highest BCUT2D eigenvalue weighted by Gasteiger charge is 2.24. The summed E-state index contributed by atoms with van der Waals surface area (Å²) in [4.78, 5) is 25.7. The maximum atomic E-state index is 12.1. The highest BCUT2D eigenvalue weighted by atomic mass is 16.5. The van der Waals surface area contributed by atoms with E-state index in [9.17, 15) is 9.59 Å². The molecule has 5 heteroatoms. The number of likely N-dealkylation sites (tertiary alicyclic amines) is 1. The first-order valence-corrected chi connectivity index (χ1v) is 7.43. The van der Waals surface area contributed by atoms with Crippen molar-refractivity contribution in [2.75, 3.05) is 19.7 Å². The molecule has 0 aliphatic carbocycles. The Bertz CT molecular complexity index is 470. The molecule has 0 radical (unpaired) electrons. The summed E-state index contributed by atoms with van der Waals surface area (Å²) in [5, 5.41) is 2.73. The van der Waals surface area contributed by atoms with Crippen LogP contribution in [0.4, 0.5) is 0 Å². The van der Waals surface area contributed by atoms with Gasteiger partial charge in [-0.05, 0) is 31.9 Å². The lowest BCUT2D eigenvalue weighted by Crippen LogP contribution is -2.46. The van der Waals surface area contributed by atoms with Crippen LogP contribution in [0.25, 0.3) is 0 Å². The highest BCUT2D eigenvalue weighted by Crippen LogP contribution is 2.10. The molecule has 114 valence electrons. The van der Waals surface area contributed by atoms with Gasteiger partial charge < -0.3 is 15.0 Å². The van der Waals surface area contributed by atoms with E-state index in [0.29, 0.717) is 6.61 Å². The third-order valence-corrected chi connectivity index (χ3v) is 3.51. The maximum Gasteiger partial charge on any atom is 0.244 e. The number of hydrogen-bond acceptors (Lipinski definition) is 3. The van der Waals surface area contributed by atoms with Crippen LogP contribution in [0.5, 0.6) is 5.75 Å². The van der Waals surface area contributed by atoms with Crippen molar-refractivity contribution < 1.29 is 14.3 Å². The molecule has 5 nitrogen and oxygen atoms in total. The molecule has 1 atom stereocenters. The van der Waals surface area contributed by atoms with Gasteiger partial charge in [0.05, 0.1) is 13.0 Å². The first kappa shape index (κ1) is 15.4. The van der Waals surface area contributed by atoms with Gasteiger partial charge in [-0.1, -0.05) is 18.2 Å². The average Bonchev–Trinajstić information content (AvgIpc) is 3.01. The van der Waals surface area contributed by atoms with Gasteiger partial charge in [0.1, 0.15) is 11.8 Å². The zero-order valence-corrected chi connectivity index (χ0v) is 12.4. The van der Waals surface area contributed by atoms with Gasteiger partial charge in [0.15, 0.2) is 0 Å². The zero-order chi connectivity index (χ0) is 15.1. The monoisotopic (exact) mass is 290 g/mol. The van der Waals surface area contributed by atoms with E-state index in [2.05, 4.69) is 5.32 Å². The topological polar surface area (TPSA) is 58.6 Å². The van der Waals surface area contributed by atoms with Crippen LogP contribution in [0.15, 0.2) is 30.3 Å². The lowest BCUT2D eigenvalue weighted by molar-refractivity contribution is -0.135. The predicted molar refractivity (Wildman–Crippen MR) is 80.0 cm³/mol. The van der Waals surface area contributed by atoms with Crippen molar-refractivity contribution in [3.63, 3.8) is 0 Å². The molecule has 1 aliphatic rings. The molecule has 0 unspecified atom stereocenters. The van der Waals surface area contributed by atoms with E-state index in [-0.39, 0.29) is 18.2 Å². The number of nitrogens with one attached hydrogen (secondary N) is 1. The highest BCUT2D eigenvalue weighted by molar-refractivity contribution is 5.87. The smallest absolute Gasteiger partial charge is 0.244 e. The molecular weight excluding hydrogens is 268 g/mol. The first-order chi connectivity index (χ1) is 10.2. The SMILES string of the molecule is C[C@@H](NC(=O)CCOc1ccccc1)C(=O)N1CCCC1. The Hall–Kier alpha value is -2.04. The quantitative estimate of drug-likeness (QED) is 0.865.